The number of hydrogen-bond donors (Lipinski definition) is 1. The van der Waals surface area contributed by atoms with Gasteiger partial charge in [-0.05, 0) is 17.7 Å². The van der Waals surface area contributed by atoms with Gasteiger partial charge in [-0.2, -0.15) is 5.26 Å². The molecule has 0 fully saturated rings. The van der Waals surface area contributed by atoms with Gasteiger partial charge in [0, 0.05) is 18.8 Å². The number of carbonyl (C=O) groups excluding carboxylic acids is 1. The van der Waals surface area contributed by atoms with E-state index in [9.17, 15) is 4.79 Å². The zero-order chi connectivity index (χ0) is 11.1. The summed E-state index contributed by atoms with van der Waals surface area (Å²) in [6.45, 7) is 0.436. The summed E-state index contributed by atoms with van der Waals surface area (Å²) in [7, 11) is 0. The van der Waals surface area contributed by atoms with Gasteiger partial charge in [-0.1, -0.05) is 12.1 Å². The van der Waals surface area contributed by atoms with Crippen LogP contribution in [-0.2, 0) is 11.3 Å². The lowest BCUT2D eigenvalue weighted by atomic mass is 10.1. The first-order valence-corrected chi connectivity index (χ1v) is 5.11. The molecule has 1 amide bonds. The van der Waals surface area contributed by atoms with Crippen molar-refractivity contribution < 1.29 is 4.79 Å². The van der Waals surface area contributed by atoms with Gasteiger partial charge in [0.15, 0.2) is 0 Å². The summed E-state index contributed by atoms with van der Waals surface area (Å²) in [5.74, 6) is 0.247. The Kier molecular flexibility index (Phi) is 4.65. The lowest BCUT2D eigenvalue weighted by Gasteiger charge is -2.03. The van der Waals surface area contributed by atoms with Crippen LogP contribution in [0.25, 0.3) is 0 Å². The van der Waals surface area contributed by atoms with E-state index in [1.165, 1.54) is 0 Å². The Bertz CT molecular complexity index is 384. The molecular formula is C11H11ClN2O. The maximum Gasteiger partial charge on any atom is 0.221 e. The van der Waals surface area contributed by atoms with Gasteiger partial charge in [0.2, 0.25) is 5.91 Å². The summed E-state index contributed by atoms with van der Waals surface area (Å²) in [6, 6.07) is 9.18. The first kappa shape index (κ1) is 11.5. The van der Waals surface area contributed by atoms with Crippen LogP contribution in [0.5, 0.6) is 0 Å². The zero-order valence-corrected chi connectivity index (χ0v) is 8.92. The second kappa shape index (κ2) is 6.05. The number of hydrogen-bond acceptors (Lipinski definition) is 2. The highest BCUT2D eigenvalue weighted by molar-refractivity contribution is 6.18. The standard InChI is InChI=1S/C11H11ClN2O/c12-5-4-11(15)14-8-10-3-1-2-9(6-10)7-13/h1-3,6H,4-5,8H2,(H,14,15). The molecule has 0 heterocycles. The summed E-state index contributed by atoms with van der Waals surface area (Å²) in [4.78, 5) is 11.1. The molecule has 0 saturated heterocycles. The van der Waals surface area contributed by atoms with Gasteiger partial charge in [0.05, 0.1) is 11.6 Å². The summed E-state index contributed by atoms with van der Waals surface area (Å²) < 4.78 is 0. The summed E-state index contributed by atoms with van der Waals surface area (Å²) in [5, 5.41) is 11.4. The molecule has 1 aromatic rings. The molecule has 0 radical (unpaired) electrons. The molecule has 3 nitrogen and oxygen atoms in total. The number of benzene rings is 1. The maximum absolute atomic E-state index is 11.1. The van der Waals surface area contributed by atoms with Crippen molar-refractivity contribution in [3.8, 4) is 6.07 Å². The van der Waals surface area contributed by atoms with Gasteiger partial charge < -0.3 is 5.32 Å². The van der Waals surface area contributed by atoms with Crippen LogP contribution in [0.4, 0.5) is 0 Å². The largest absolute Gasteiger partial charge is 0.352 e. The summed E-state index contributed by atoms with van der Waals surface area (Å²) in [6.07, 6.45) is 0.319. The Morgan fingerprint density at radius 3 is 3.00 bits per heavy atom. The highest BCUT2D eigenvalue weighted by atomic mass is 35.5. The minimum absolute atomic E-state index is 0.0765. The van der Waals surface area contributed by atoms with Crippen molar-refractivity contribution in [1.82, 2.24) is 5.32 Å². The van der Waals surface area contributed by atoms with E-state index in [-0.39, 0.29) is 5.91 Å². The highest BCUT2D eigenvalue weighted by Gasteiger charge is 2.00. The van der Waals surface area contributed by atoms with E-state index >= 15 is 0 Å². The van der Waals surface area contributed by atoms with Crippen molar-refractivity contribution in [2.45, 2.75) is 13.0 Å². The molecule has 0 unspecified atom stereocenters. The van der Waals surface area contributed by atoms with Crippen LogP contribution in [0.2, 0.25) is 0 Å². The normalized spacial score (nSPS) is 9.33. The van der Waals surface area contributed by atoms with Gasteiger partial charge in [0.25, 0.3) is 0 Å². The van der Waals surface area contributed by atoms with Crippen molar-refractivity contribution in [3.63, 3.8) is 0 Å². The van der Waals surface area contributed by atoms with Crippen LogP contribution < -0.4 is 5.32 Å². The van der Waals surface area contributed by atoms with E-state index in [1.807, 2.05) is 12.1 Å². The molecule has 0 saturated carbocycles. The third-order valence-corrected chi connectivity index (χ3v) is 2.06. The quantitative estimate of drug-likeness (QED) is 0.790. The fourth-order valence-corrected chi connectivity index (χ4v) is 1.30. The van der Waals surface area contributed by atoms with Gasteiger partial charge in [-0.25, -0.2) is 0 Å². The van der Waals surface area contributed by atoms with E-state index in [2.05, 4.69) is 5.32 Å². The van der Waals surface area contributed by atoms with Crippen LogP contribution in [0, 0.1) is 11.3 Å². The molecule has 0 bridgehead atoms. The SMILES string of the molecule is N#Cc1cccc(CNC(=O)CCCl)c1. The van der Waals surface area contributed by atoms with Gasteiger partial charge in [0.1, 0.15) is 0 Å². The molecule has 0 aliphatic carbocycles. The second-order valence-electron chi connectivity index (χ2n) is 3.03. The van der Waals surface area contributed by atoms with E-state index in [0.29, 0.717) is 24.4 Å². The summed E-state index contributed by atoms with van der Waals surface area (Å²) >= 11 is 5.42. The molecule has 4 heteroatoms. The number of rotatable bonds is 4. The maximum atomic E-state index is 11.1. The number of alkyl halides is 1. The topological polar surface area (TPSA) is 52.9 Å². The predicted molar refractivity (Wildman–Crippen MR) is 58.3 cm³/mol. The Labute approximate surface area is 93.7 Å². The lowest BCUT2D eigenvalue weighted by molar-refractivity contribution is -0.120. The molecular weight excluding hydrogens is 212 g/mol. The number of carbonyl (C=O) groups is 1. The van der Waals surface area contributed by atoms with E-state index in [0.717, 1.165) is 5.56 Å². The van der Waals surface area contributed by atoms with Crippen molar-refractivity contribution in [2.75, 3.05) is 5.88 Å². The predicted octanol–water partition coefficient (Wildman–Crippen LogP) is 1.80. The molecule has 0 aromatic heterocycles. The van der Waals surface area contributed by atoms with Crippen LogP contribution in [0.3, 0.4) is 0 Å². The van der Waals surface area contributed by atoms with Crippen LogP contribution in [-0.4, -0.2) is 11.8 Å². The molecule has 0 aliphatic rings. The van der Waals surface area contributed by atoms with E-state index in [1.54, 1.807) is 18.2 Å². The van der Waals surface area contributed by atoms with Crippen LogP contribution in [0.1, 0.15) is 17.5 Å². The Balaban J connectivity index is 2.51. The average Bonchev–Trinajstić information content (AvgIpc) is 2.27. The molecule has 0 spiro atoms. The Morgan fingerprint density at radius 1 is 1.53 bits per heavy atom. The molecule has 0 aliphatic heterocycles. The van der Waals surface area contributed by atoms with Crippen LogP contribution >= 0.6 is 11.6 Å². The molecule has 0 atom stereocenters. The number of nitriles is 1. The number of halogens is 1. The first-order chi connectivity index (χ1) is 7.26. The fraction of sp³-hybridized carbons (Fsp3) is 0.273. The van der Waals surface area contributed by atoms with E-state index in [4.69, 9.17) is 16.9 Å². The van der Waals surface area contributed by atoms with Crippen molar-refractivity contribution in [3.05, 3.63) is 35.4 Å². The fourth-order valence-electron chi connectivity index (χ4n) is 1.13. The van der Waals surface area contributed by atoms with Crippen LogP contribution in [0.15, 0.2) is 24.3 Å². The van der Waals surface area contributed by atoms with Crippen molar-refractivity contribution in [1.29, 1.82) is 5.26 Å². The number of nitrogens with zero attached hydrogens (tertiary/aromatic N) is 1. The lowest BCUT2D eigenvalue weighted by Crippen LogP contribution is -2.22. The zero-order valence-electron chi connectivity index (χ0n) is 8.16. The van der Waals surface area contributed by atoms with Crippen molar-refractivity contribution in [2.24, 2.45) is 0 Å². The first-order valence-electron chi connectivity index (χ1n) is 4.58. The third kappa shape index (κ3) is 4.01. The highest BCUT2D eigenvalue weighted by Crippen LogP contribution is 2.03. The van der Waals surface area contributed by atoms with Gasteiger partial charge in [-0.15, -0.1) is 11.6 Å². The number of nitrogens with one attached hydrogen (secondary N) is 1. The monoisotopic (exact) mass is 222 g/mol. The average molecular weight is 223 g/mol. The smallest absolute Gasteiger partial charge is 0.221 e. The van der Waals surface area contributed by atoms with E-state index < -0.39 is 0 Å². The molecule has 1 aromatic carbocycles. The van der Waals surface area contributed by atoms with Crippen molar-refractivity contribution >= 4 is 17.5 Å². The molecule has 15 heavy (non-hydrogen) atoms. The number of amides is 1. The molecule has 1 N–H and O–H groups in total. The Morgan fingerprint density at radius 2 is 2.33 bits per heavy atom. The molecule has 1 rings (SSSR count). The minimum Gasteiger partial charge on any atom is -0.352 e. The Hall–Kier alpha value is -1.53. The molecule has 78 valence electrons. The van der Waals surface area contributed by atoms with Gasteiger partial charge >= 0.3 is 0 Å². The third-order valence-electron chi connectivity index (χ3n) is 1.87. The second-order valence-corrected chi connectivity index (χ2v) is 3.41. The summed E-state index contributed by atoms with van der Waals surface area (Å²) in [5.41, 5.74) is 1.51. The van der Waals surface area contributed by atoms with Gasteiger partial charge in [-0.3, -0.25) is 4.79 Å². The minimum atomic E-state index is -0.0765.